The standard InChI is InChI=1S/C51H61F3N5O7PS/c1-31(49(63)65-30-50(2,3)54)56-67(64,66-40-13-9-6-10-14-40)45(53)33-15-20-43-34(23-33)24-44(68-43)46(60)55-41-18-16-37(57(4)39-25-36(52)26-39)27-38-17-19-42(59(38)47(41)61)48(62)58-29-35(28-51(58)21-22-51)32-11-7-5-8-12-32/h5-15,20,23-24,31,35-39,41-42,45H,16-19,21-22,25-30H2,1-4H3,(H,55,60)(H,56,64)/t31-,35+,36?,37-,38+,39?,41-,42-,45-,67?/m0/s1. The van der Waals surface area contributed by atoms with Crippen molar-refractivity contribution in [3.8, 4) is 5.75 Å². The average molecular weight is 976 g/mol. The van der Waals surface area contributed by atoms with E-state index in [0.717, 1.165) is 30.6 Å². The van der Waals surface area contributed by atoms with E-state index in [1.165, 1.54) is 50.6 Å². The largest absolute Gasteiger partial charge is 0.461 e. The zero-order valence-electron chi connectivity index (χ0n) is 39.0. The first-order valence-corrected chi connectivity index (χ1v) is 26.4. The number of fused-ring (bicyclic) bond motifs is 2. The third-order valence-corrected chi connectivity index (χ3v) is 18.0. The van der Waals surface area contributed by atoms with Crippen molar-refractivity contribution in [1.29, 1.82) is 0 Å². The van der Waals surface area contributed by atoms with E-state index in [-0.39, 0.29) is 57.6 Å². The van der Waals surface area contributed by atoms with Gasteiger partial charge in [0, 0.05) is 40.8 Å². The Kier molecular flexibility index (Phi) is 13.6. The molecule has 8 atom stereocenters. The molecule has 5 fully saturated rings. The number of nitrogens with zero attached hydrogens (tertiary/aromatic N) is 3. The minimum absolute atomic E-state index is 0.00836. The van der Waals surface area contributed by atoms with Crippen LogP contribution in [0.2, 0.25) is 0 Å². The number of halogens is 3. The fraction of sp³-hybridized carbons (Fsp3) is 0.529. The van der Waals surface area contributed by atoms with Crippen molar-refractivity contribution in [2.45, 2.75) is 150 Å². The van der Waals surface area contributed by atoms with E-state index < -0.39 is 61.9 Å². The van der Waals surface area contributed by atoms with Crippen LogP contribution in [0, 0.1) is 0 Å². The quantitative estimate of drug-likeness (QED) is 0.0882. The molecule has 0 bridgehead atoms. The summed E-state index contributed by atoms with van der Waals surface area (Å²) in [6.07, 6.45) is 5.60. The molecule has 364 valence electrons. The van der Waals surface area contributed by atoms with Gasteiger partial charge in [0.05, 0.1) is 4.88 Å². The summed E-state index contributed by atoms with van der Waals surface area (Å²) in [7, 11) is -2.59. The summed E-state index contributed by atoms with van der Waals surface area (Å²) >= 11 is 1.15. The van der Waals surface area contributed by atoms with E-state index in [9.17, 15) is 32.5 Å². The molecule has 2 aliphatic carbocycles. The lowest BCUT2D eigenvalue weighted by Gasteiger charge is -2.45. The molecule has 3 aromatic carbocycles. The van der Waals surface area contributed by atoms with Crippen molar-refractivity contribution in [3.05, 3.63) is 101 Å². The third kappa shape index (κ3) is 10.1. The summed E-state index contributed by atoms with van der Waals surface area (Å²) in [5.74, 6) is -3.75. The summed E-state index contributed by atoms with van der Waals surface area (Å²) in [5, 5.41) is 6.02. The number of hydrogen-bond acceptors (Lipinski definition) is 9. The lowest BCUT2D eigenvalue weighted by atomic mass is 9.86. The average Bonchev–Trinajstić information content (AvgIpc) is 3.58. The lowest BCUT2D eigenvalue weighted by Crippen LogP contribution is -2.59. The van der Waals surface area contributed by atoms with Gasteiger partial charge < -0.3 is 29.3 Å². The molecule has 3 aliphatic heterocycles. The second kappa shape index (κ2) is 19.2. The van der Waals surface area contributed by atoms with Crippen LogP contribution in [0.15, 0.2) is 84.9 Å². The van der Waals surface area contributed by atoms with Crippen molar-refractivity contribution in [1.82, 2.24) is 25.1 Å². The van der Waals surface area contributed by atoms with Gasteiger partial charge in [0.15, 0.2) is 0 Å². The van der Waals surface area contributed by atoms with Crippen LogP contribution >= 0.6 is 18.9 Å². The fourth-order valence-electron chi connectivity index (χ4n) is 10.8. The molecule has 5 aliphatic rings. The number of nitrogens with one attached hydrogen (secondary N) is 2. The van der Waals surface area contributed by atoms with Gasteiger partial charge in [-0.15, -0.1) is 11.3 Å². The molecule has 1 unspecified atom stereocenters. The highest BCUT2D eigenvalue weighted by Crippen LogP contribution is 2.58. The number of likely N-dealkylation sites (tertiary alicyclic amines) is 1. The zero-order valence-corrected chi connectivity index (χ0v) is 40.7. The number of thiophene rings is 1. The molecular formula is C51H61F3N5O7PS. The minimum atomic E-state index is -4.61. The van der Waals surface area contributed by atoms with E-state index in [1.807, 2.05) is 25.2 Å². The van der Waals surface area contributed by atoms with E-state index in [2.05, 4.69) is 32.3 Å². The van der Waals surface area contributed by atoms with Crippen molar-refractivity contribution in [3.63, 3.8) is 0 Å². The Balaban J connectivity index is 0.947. The van der Waals surface area contributed by atoms with Gasteiger partial charge in [0.2, 0.25) is 17.7 Å². The van der Waals surface area contributed by atoms with Gasteiger partial charge in [-0.25, -0.2) is 18.3 Å². The Morgan fingerprint density at radius 3 is 2.34 bits per heavy atom. The molecule has 3 amide bonds. The molecular weight excluding hydrogens is 915 g/mol. The van der Waals surface area contributed by atoms with Crippen molar-refractivity contribution in [2.24, 2.45) is 0 Å². The number of para-hydroxylation sites is 1. The molecule has 12 nitrogen and oxygen atoms in total. The maximum absolute atomic E-state index is 16.8. The van der Waals surface area contributed by atoms with Gasteiger partial charge in [-0.05, 0) is 139 Å². The number of benzene rings is 3. The molecule has 2 N–H and O–H groups in total. The molecule has 68 heavy (non-hydrogen) atoms. The topological polar surface area (TPSA) is 138 Å². The maximum atomic E-state index is 16.8. The molecule has 1 aromatic heterocycles. The normalized spacial score (nSPS) is 27.4. The summed E-state index contributed by atoms with van der Waals surface area (Å²) in [6, 6.07) is 21.2. The Hall–Kier alpha value is -4.76. The van der Waals surface area contributed by atoms with Gasteiger partial charge in [0.25, 0.3) is 5.91 Å². The molecule has 9 rings (SSSR count). The van der Waals surface area contributed by atoms with Crippen LogP contribution in [-0.2, 0) is 23.7 Å². The van der Waals surface area contributed by atoms with Crippen molar-refractivity contribution < 1.29 is 46.2 Å². The molecule has 4 aromatic rings. The molecule has 2 saturated carbocycles. The van der Waals surface area contributed by atoms with Crippen LogP contribution in [0.4, 0.5) is 13.2 Å². The number of alkyl halides is 3. The number of rotatable bonds is 15. The smallest absolute Gasteiger partial charge is 0.355 e. The predicted molar refractivity (Wildman–Crippen MR) is 255 cm³/mol. The Labute approximate surface area is 399 Å². The Morgan fingerprint density at radius 2 is 1.66 bits per heavy atom. The Morgan fingerprint density at radius 1 is 0.956 bits per heavy atom. The second-order valence-electron chi connectivity index (χ2n) is 20.3. The van der Waals surface area contributed by atoms with E-state index in [1.54, 1.807) is 35.2 Å². The highest BCUT2D eigenvalue weighted by Gasteiger charge is 2.59. The van der Waals surface area contributed by atoms with Gasteiger partial charge in [-0.3, -0.25) is 23.7 Å². The summed E-state index contributed by atoms with van der Waals surface area (Å²) in [6.45, 7) is 3.84. The van der Waals surface area contributed by atoms with Crippen LogP contribution in [0.5, 0.6) is 5.75 Å². The highest BCUT2D eigenvalue weighted by molar-refractivity contribution is 7.57. The van der Waals surface area contributed by atoms with Crippen LogP contribution < -0.4 is 14.9 Å². The van der Waals surface area contributed by atoms with Gasteiger partial charge in [0.1, 0.15) is 42.3 Å². The van der Waals surface area contributed by atoms with Crippen LogP contribution in [0.1, 0.15) is 118 Å². The Bertz CT molecular complexity index is 2550. The minimum Gasteiger partial charge on any atom is -0.461 e. The zero-order chi connectivity index (χ0) is 48.1. The van der Waals surface area contributed by atoms with Crippen LogP contribution in [-0.4, -0.2) is 112 Å². The second-order valence-corrected chi connectivity index (χ2v) is 23.5. The third-order valence-electron chi connectivity index (χ3n) is 14.8. The predicted octanol–water partition coefficient (Wildman–Crippen LogP) is 9.40. The number of carbonyl (C=O) groups excluding carboxylic acids is 4. The van der Waals surface area contributed by atoms with Crippen molar-refractivity contribution in [2.75, 3.05) is 20.2 Å². The van der Waals surface area contributed by atoms with E-state index in [4.69, 9.17) is 9.26 Å². The maximum Gasteiger partial charge on any atom is 0.355 e. The van der Waals surface area contributed by atoms with E-state index >= 15 is 4.39 Å². The first-order valence-electron chi connectivity index (χ1n) is 23.9. The number of ether oxygens (including phenoxy) is 1. The van der Waals surface area contributed by atoms with Gasteiger partial charge >= 0.3 is 13.5 Å². The van der Waals surface area contributed by atoms with Crippen LogP contribution in [0.3, 0.4) is 0 Å². The summed E-state index contributed by atoms with van der Waals surface area (Å²) in [5.41, 5.74) is -0.858. The molecule has 17 heteroatoms. The molecule has 3 saturated heterocycles. The van der Waals surface area contributed by atoms with Gasteiger partial charge in [-0.1, -0.05) is 54.6 Å². The fourth-order valence-corrected chi connectivity index (χ4v) is 13.6. The monoisotopic (exact) mass is 975 g/mol. The van der Waals surface area contributed by atoms with Gasteiger partial charge in [-0.2, -0.15) is 0 Å². The number of amides is 3. The first kappa shape index (κ1) is 48.3. The number of hydrogen-bond donors (Lipinski definition) is 2. The van der Waals surface area contributed by atoms with Crippen LogP contribution in [0.25, 0.3) is 10.1 Å². The molecule has 4 heterocycles. The molecule has 1 spiro atoms. The van der Waals surface area contributed by atoms with E-state index in [0.29, 0.717) is 61.6 Å². The molecule has 0 radical (unpaired) electrons. The lowest BCUT2D eigenvalue weighted by molar-refractivity contribution is -0.148. The SMILES string of the molecule is C[C@H](NP(=O)(Oc1ccccc1)[C@H](F)c1ccc2sc(C(=O)N[C@H]3CC[C@H](N(C)C4CC(F)C4)C[C@H]4CC[C@@H](C(=O)N5C[C@H](c6ccccc6)CC56CC6)N4C3=O)cc2c1)C(=O)OCC(C)(C)F. The number of esters is 1. The van der Waals surface area contributed by atoms with Crippen molar-refractivity contribution >= 4 is 52.6 Å². The summed E-state index contributed by atoms with van der Waals surface area (Å²) < 4.78 is 71.0. The summed E-state index contributed by atoms with van der Waals surface area (Å²) in [4.78, 5) is 63.2. The highest BCUT2D eigenvalue weighted by atomic mass is 32.1. The first-order chi connectivity index (χ1) is 32.4. The number of carbonyl (C=O) groups is 4.